The Morgan fingerprint density at radius 3 is 2.35 bits per heavy atom. The topological polar surface area (TPSA) is 21.2 Å². The largest absolute Gasteiger partial charge is 0.312 e. The van der Waals surface area contributed by atoms with Crippen molar-refractivity contribution in [1.29, 1.82) is 0 Å². The molecule has 3 heterocycles. The molecule has 3 aromatic heterocycles. The van der Waals surface area contributed by atoms with E-state index in [9.17, 15) is 8.78 Å². The van der Waals surface area contributed by atoms with Gasteiger partial charge in [0, 0.05) is 27.4 Å². The van der Waals surface area contributed by atoms with E-state index in [2.05, 4.69) is 27.6 Å². The summed E-state index contributed by atoms with van der Waals surface area (Å²) in [5, 5.41) is 3.15. The van der Waals surface area contributed by atoms with Crippen molar-refractivity contribution < 1.29 is 17.7 Å². The molecule has 0 amide bonds. The van der Waals surface area contributed by atoms with Gasteiger partial charge in [-0.3, -0.25) is 0 Å². The van der Waals surface area contributed by atoms with Crippen LogP contribution in [-0.2, 0) is 7.05 Å². The first kappa shape index (κ1) is 18.1. The monoisotopic (exact) mass is 416 g/mol. The van der Waals surface area contributed by atoms with E-state index in [1.54, 1.807) is 11.6 Å². The Balaban J connectivity index is 1.89. The molecule has 0 N–H and O–H groups in total. The lowest BCUT2D eigenvalue weighted by Crippen LogP contribution is -2.32. The highest BCUT2D eigenvalue weighted by atomic mass is 19.2. The molecule has 6 aromatic rings. The molecule has 0 saturated carbocycles. The second-order valence-electron chi connectivity index (χ2n) is 8.01. The summed E-state index contributed by atoms with van der Waals surface area (Å²) in [7, 11) is 1.74. The third-order valence-electron chi connectivity index (χ3n) is 6.37. The molecule has 0 aliphatic rings. The van der Waals surface area contributed by atoms with Gasteiger partial charge in [0.25, 0.3) is 6.33 Å². The zero-order chi connectivity index (χ0) is 21.6. The summed E-state index contributed by atoms with van der Waals surface area (Å²) < 4.78 is 47.7. The third kappa shape index (κ3) is 2.09. The Hall–Kier alpha value is -3.67. The van der Waals surface area contributed by atoms with Crippen molar-refractivity contribution in [1.82, 2.24) is 9.38 Å². The van der Waals surface area contributed by atoms with Crippen LogP contribution in [0.3, 0.4) is 0 Å². The zero-order valence-corrected chi connectivity index (χ0v) is 17.1. The molecule has 3 aromatic carbocycles. The Morgan fingerprint density at radius 1 is 0.839 bits per heavy atom. The van der Waals surface area contributed by atoms with E-state index in [1.807, 2.05) is 31.2 Å². The zero-order valence-electron chi connectivity index (χ0n) is 17.1. The van der Waals surface area contributed by atoms with E-state index in [0.29, 0.717) is 5.69 Å². The number of hydrogen-bond donors (Lipinski definition) is 0. The number of aryl methyl sites for hydroxylation is 3. The normalized spacial score (nSPS) is 12.2. The van der Waals surface area contributed by atoms with Crippen molar-refractivity contribution in [3.63, 3.8) is 0 Å². The smallest absolute Gasteiger partial charge is 0.287 e. The number of benzene rings is 3. The first-order valence-electron chi connectivity index (χ1n) is 9.97. The van der Waals surface area contributed by atoms with Crippen molar-refractivity contribution >= 4 is 38.1 Å². The predicted molar refractivity (Wildman–Crippen MR) is 115 cm³/mol. The molecule has 3 nitrogen and oxygen atoms in total. The van der Waals surface area contributed by atoms with Gasteiger partial charge in [0.1, 0.15) is 5.39 Å². The van der Waals surface area contributed by atoms with Gasteiger partial charge < -0.3 is 4.40 Å². The van der Waals surface area contributed by atoms with Crippen LogP contribution in [0.1, 0.15) is 11.3 Å². The van der Waals surface area contributed by atoms with Crippen LogP contribution in [0.4, 0.5) is 13.2 Å². The summed E-state index contributed by atoms with van der Waals surface area (Å²) in [6.07, 6.45) is 1.52. The number of fused-ring (bicyclic) bond motifs is 4. The highest BCUT2D eigenvalue weighted by Gasteiger charge is 2.30. The van der Waals surface area contributed by atoms with Crippen LogP contribution < -0.4 is 4.57 Å². The molecular weight excluding hydrogens is 399 g/mol. The predicted octanol–water partition coefficient (Wildman–Crippen LogP) is 5.76. The molecule has 0 aliphatic carbocycles. The summed E-state index contributed by atoms with van der Waals surface area (Å²) in [4.78, 5) is 4.22. The molecule has 0 radical (unpaired) electrons. The maximum absolute atomic E-state index is 15.2. The van der Waals surface area contributed by atoms with Gasteiger partial charge in [-0.25, -0.2) is 17.7 Å². The van der Waals surface area contributed by atoms with Crippen LogP contribution in [0.25, 0.3) is 49.4 Å². The summed E-state index contributed by atoms with van der Waals surface area (Å²) in [5.74, 6) is -3.89. The number of hydrogen-bond acceptors (Lipinski definition) is 1. The molecule has 0 bridgehead atoms. The molecule has 6 rings (SSSR count). The van der Waals surface area contributed by atoms with E-state index in [4.69, 9.17) is 0 Å². The second kappa shape index (κ2) is 5.94. The lowest BCUT2D eigenvalue weighted by Gasteiger charge is -2.10. The van der Waals surface area contributed by atoms with E-state index >= 15 is 4.39 Å². The van der Waals surface area contributed by atoms with Crippen LogP contribution in [0.5, 0.6) is 0 Å². The Kier molecular flexibility index (Phi) is 3.47. The molecule has 0 aliphatic heterocycles. The number of rotatable bonds is 1. The minimum absolute atomic E-state index is 0.00438. The molecule has 0 unspecified atom stereocenters. The van der Waals surface area contributed by atoms with Gasteiger partial charge in [0.2, 0.25) is 0 Å². The van der Waals surface area contributed by atoms with Crippen molar-refractivity contribution in [2.75, 3.05) is 0 Å². The lowest BCUT2D eigenvalue weighted by molar-refractivity contribution is -0.662. The van der Waals surface area contributed by atoms with Crippen LogP contribution in [0, 0.1) is 31.3 Å². The molecule has 0 fully saturated rings. The highest BCUT2D eigenvalue weighted by molar-refractivity contribution is 6.19. The van der Waals surface area contributed by atoms with Crippen LogP contribution in [0.2, 0.25) is 0 Å². The fourth-order valence-corrected chi connectivity index (χ4v) is 5.00. The Labute approximate surface area is 175 Å². The number of para-hydroxylation sites is 2. The van der Waals surface area contributed by atoms with Gasteiger partial charge in [-0.15, -0.1) is 0 Å². The maximum Gasteiger partial charge on any atom is 0.287 e. The SMILES string of the molecule is Cc1c(F)c(F)c(F)c2c(-c3c(C)n4c5ccccc5c5cccc3c54)[n+](C)cnc12. The fraction of sp³-hybridized carbons (Fsp3) is 0.120. The first-order chi connectivity index (χ1) is 14.9. The number of halogens is 3. The van der Waals surface area contributed by atoms with E-state index in [1.165, 1.54) is 13.3 Å². The van der Waals surface area contributed by atoms with E-state index in [-0.39, 0.29) is 16.5 Å². The molecule has 0 saturated heterocycles. The Bertz CT molecular complexity index is 1700. The molecule has 6 heteroatoms. The average molecular weight is 416 g/mol. The van der Waals surface area contributed by atoms with Crippen molar-refractivity contribution in [3.05, 3.63) is 77.5 Å². The quantitative estimate of drug-likeness (QED) is 0.247. The standard InChI is InChI=1S/C25H17F3N3/c1-12-20(26)22(28)21(27)19-23(12)29-11-30(3)25(19)18-13(2)31-17-10-5-4-7-14(17)15-8-6-9-16(18)24(15)31/h4-11H,1-3H3/q+1. The maximum atomic E-state index is 15.2. The molecular formula is C25H17F3N3+. The summed E-state index contributed by atoms with van der Waals surface area (Å²) in [5.41, 5.74) is 4.35. The fourth-order valence-electron chi connectivity index (χ4n) is 5.00. The minimum atomic E-state index is -1.47. The van der Waals surface area contributed by atoms with Crippen molar-refractivity contribution in [3.8, 4) is 11.3 Å². The van der Waals surface area contributed by atoms with Gasteiger partial charge in [0.05, 0.1) is 23.6 Å². The average Bonchev–Trinajstić information content (AvgIpc) is 3.27. The molecule has 152 valence electrons. The van der Waals surface area contributed by atoms with E-state index < -0.39 is 17.5 Å². The van der Waals surface area contributed by atoms with Gasteiger partial charge in [-0.1, -0.05) is 36.4 Å². The third-order valence-corrected chi connectivity index (χ3v) is 6.37. The van der Waals surface area contributed by atoms with Crippen LogP contribution >= 0.6 is 0 Å². The molecule has 31 heavy (non-hydrogen) atoms. The van der Waals surface area contributed by atoms with Gasteiger partial charge in [-0.2, -0.15) is 0 Å². The summed E-state index contributed by atoms with van der Waals surface area (Å²) in [6, 6.07) is 14.1. The van der Waals surface area contributed by atoms with Crippen molar-refractivity contribution in [2.45, 2.75) is 13.8 Å². The van der Waals surface area contributed by atoms with Gasteiger partial charge >= 0.3 is 0 Å². The second-order valence-corrected chi connectivity index (χ2v) is 8.01. The van der Waals surface area contributed by atoms with E-state index in [0.717, 1.165) is 38.4 Å². The summed E-state index contributed by atoms with van der Waals surface area (Å²) in [6.45, 7) is 3.39. The van der Waals surface area contributed by atoms with Crippen LogP contribution in [0.15, 0.2) is 48.8 Å². The summed E-state index contributed by atoms with van der Waals surface area (Å²) >= 11 is 0. The number of aromatic nitrogens is 3. The number of nitrogens with zero attached hydrogens (tertiary/aromatic N) is 3. The molecule has 0 atom stereocenters. The molecule has 0 spiro atoms. The highest BCUT2D eigenvalue weighted by Crippen LogP contribution is 2.43. The van der Waals surface area contributed by atoms with Gasteiger partial charge in [0.15, 0.2) is 28.7 Å². The van der Waals surface area contributed by atoms with Crippen molar-refractivity contribution in [2.24, 2.45) is 7.05 Å². The lowest BCUT2D eigenvalue weighted by atomic mass is 9.99. The van der Waals surface area contributed by atoms with Gasteiger partial charge in [-0.05, 0) is 24.9 Å². The first-order valence-corrected chi connectivity index (χ1v) is 9.97. The van der Waals surface area contributed by atoms with Crippen LogP contribution in [-0.4, -0.2) is 9.38 Å². The Morgan fingerprint density at radius 2 is 1.55 bits per heavy atom. The minimum Gasteiger partial charge on any atom is -0.312 e.